The van der Waals surface area contributed by atoms with Crippen molar-refractivity contribution in [1.82, 2.24) is 20.5 Å². The second kappa shape index (κ2) is 11.5. The quantitative estimate of drug-likeness (QED) is 0.338. The molecule has 6 rings (SSSR count). The van der Waals surface area contributed by atoms with Crippen LogP contribution in [0.5, 0.6) is 11.5 Å². The second-order valence-electron chi connectivity index (χ2n) is 10.8. The molecule has 0 aliphatic carbocycles. The number of rotatable bonds is 6. The number of alkyl halides is 3. The first-order valence-corrected chi connectivity index (χ1v) is 14.8. The molecule has 2 aromatic carbocycles. The number of pyridine rings is 1. The lowest BCUT2D eigenvalue weighted by Gasteiger charge is -2.36. The second-order valence-corrected chi connectivity index (χ2v) is 11.9. The van der Waals surface area contributed by atoms with Crippen LogP contribution in [0.25, 0.3) is 0 Å². The lowest BCUT2D eigenvalue weighted by atomic mass is 9.98. The normalized spacial score (nSPS) is 20.9. The molecule has 228 valence electrons. The number of thioether (sulfide) groups is 1. The number of carbonyl (C=O) groups excluding carboxylic acids is 3. The highest BCUT2D eigenvalue weighted by atomic mass is 32.2. The molecule has 44 heavy (non-hydrogen) atoms. The van der Waals surface area contributed by atoms with E-state index in [-0.39, 0.29) is 13.1 Å². The molecular formula is C31H28F3N5O4S. The van der Waals surface area contributed by atoms with Crippen LogP contribution in [0.4, 0.5) is 29.3 Å². The fourth-order valence-corrected chi connectivity index (χ4v) is 6.94. The Kier molecular flexibility index (Phi) is 7.74. The summed E-state index contributed by atoms with van der Waals surface area (Å²) in [5.41, 5.74) is 1.31. The number of likely N-dealkylation sites (tertiary alicyclic amines) is 1. The summed E-state index contributed by atoms with van der Waals surface area (Å²) in [6.07, 6.45) is -2.32. The van der Waals surface area contributed by atoms with Crippen LogP contribution in [0.1, 0.15) is 30.0 Å². The molecule has 0 spiro atoms. The van der Waals surface area contributed by atoms with Crippen molar-refractivity contribution in [2.75, 3.05) is 18.0 Å². The Hall–Kier alpha value is -4.52. The van der Waals surface area contributed by atoms with E-state index in [1.54, 1.807) is 29.3 Å². The highest BCUT2D eigenvalue weighted by Gasteiger charge is 2.47. The number of urea groups is 1. The number of benzene rings is 2. The molecule has 1 saturated heterocycles. The predicted molar refractivity (Wildman–Crippen MR) is 158 cm³/mol. The Morgan fingerprint density at radius 2 is 1.89 bits per heavy atom. The van der Waals surface area contributed by atoms with Crippen LogP contribution in [0, 0.1) is 6.92 Å². The Morgan fingerprint density at radius 1 is 1.11 bits per heavy atom. The number of nitrogens with one attached hydrogen (secondary N) is 2. The number of para-hydroxylation sites is 1. The summed E-state index contributed by atoms with van der Waals surface area (Å²) < 4.78 is 45.0. The summed E-state index contributed by atoms with van der Waals surface area (Å²) in [6.45, 7) is 4.86. The first-order chi connectivity index (χ1) is 21.0. The Bertz CT molecular complexity index is 1650. The molecule has 0 bridgehead atoms. The predicted octanol–water partition coefficient (Wildman–Crippen LogP) is 5.78. The van der Waals surface area contributed by atoms with Crippen molar-refractivity contribution < 1.29 is 32.3 Å². The fraction of sp³-hybridized carbons (Fsp3) is 0.290. The third kappa shape index (κ3) is 5.59. The van der Waals surface area contributed by atoms with Crippen LogP contribution < -0.4 is 20.3 Å². The van der Waals surface area contributed by atoms with Crippen LogP contribution in [0.3, 0.4) is 0 Å². The van der Waals surface area contributed by atoms with Crippen molar-refractivity contribution in [2.24, 2.45) is 0 Å². The number of aromatic nitrogens is 1. The molecular weight excluding hydrogens is 595 g/mol. The number of anilines is 2. The molecule has 3 aliphatic heterocycles. The Labute approximate surface area is 255 Å². The van der Waals surface area contributed by atoms with Crippen LogP contribution >= 0.6 is 11.8 Å². The lowest BCUT2D eigenvalue weighted by Crippen LogP contribution is -2.54. The fourth-order valence-electron chi connectivity index (χ4n) is 5.71. The maximum Gasteiger partial charge on any atom is 0.421 e. The van der Waals surface area contributed by atoms with Gasteiger partial charge >= 0.3 is 12.2 Å². The van der Waals surface area contributed by atoms with Gasteiger partial charge in [-0.1, -0.05) is 36.5 Å². The summed E-state index contributed by atoms with van der Waals surface area (Å²) in [5, 5.41) is 5.69. The Morgan fingerprint density at radius 3 is 2.61 bits per heavy atom. The standard InChI is InChI=1S/C31H28F3N5O4S/c1-17-15-21(43-20-8-4-3-5-9-20)10-11-22(17)39-23-12-13-35-28-24(23)25(37-30(39)42)26(44-28)27(40)36-19-7-6-14-38(16-19)29(41)18(2)31(32,33)34/h3-5,8-13,15,19,25-26H,2,6-7,14,16H2,1H3,(H,36,40)(H,37,42)/t19?,25?,26-/m1/s1. The Balaban J connectivity index is 1.19. The smallest absolute Gasteiger partial charge is 0.421 e. The van der Waals surface area contributed by atoms with E-state index in [2.05, 4.69) is 22.2 Å². The molecule has 3 aromatic rings. The van der Waals surface area contributed by atoms with Crippen molar-refractivity contribution in [3.05, 3.63) is 84.1 Å². The van der Waals surface area contributed by atoms with Gasteiger partial charge in [0.05, 0.1) is 17.4 Å². The number of hydrogen-bond donors (Lipinski definition) is 2. The molecule has 13 heteroatoms. The van der Waals surface area contributed by atoms with Crippen LogP contribution in [0.15, 0.2) is 78.0 Å². The van der Waals surface area contributed by atoms with Gasteiger partial charge in [0.2, 0.25) is 5.91 Å². The summed E-state index contributed by atoms with van der Waals surface area (Å²) >= 11 is 1.21. The number of hydrogen-bond acceptors (Lipinski definition) is 6. The number of ether oxygens (including phenoxy) is 1. The molecule has 0 radical (unpaired) electrons. The average molecular weight is 624 g/mol. The maximum absolute atomic E-state index is 13.6. The first kappa shape index (κ1) is 29.5. The van der Waals surface area contributed by atoms with E-state index in [9.17, 15) is 27.6 Å². The van der Waals surface area contributed by atoms with Gasteiger partial charge in [-0.2, -0.15) is 13.2 Å². The molecule has 2 N–H and O–H groups in total. The van der Waals surface area contributed by atoms with Gasteiger partial charge < -0.3 is 20.3 Å². The van der Waals surface area contributed by atoms with Crippen molar-refractivity contribution >= 4 is 41.0 Å². The van der Waals surface area contributed by atoms with Gasteiger partial charge in [-0.15, -0.1) is 0 Å². The molecule has 1 aromatic heterocycles. The van der Waals surface area contributed by atoms with Crippen molar-refractivity contribution in [2.45, 2.75) is 48.3 Å². The van der Waals surface area contributed by atoms with Gasteiger partial charge in [0.1, 0.15) is 27.3 Å². The van der Waals surface area contributed by atoms with Crippen molar-refractivity contribution in [1.29, 1.82) is 0 Å². The largest absolute Gasteiger partial charge is 0.457 e. The van der Waals surface area contributed by atoms with Crippen molar-refractivity contribution in [3.8, 4) is 11.5 Å². The molecule has 3 atom stereocenters. The summed E-state index contributed by atoms with van der Waals surface area (Å²) in [7, 11) is 0. The minimum atomic E-state index is -4.83. The van der Waals surface area contributed by atoms with E-state index in [1.165, 1.54) is 11.8 Å². The molecule has 4 heterocycles. The molecule has 2 unspecified atom stereocenters. The summed E-state index contributed by atoms with van der Waals surface area (Å²) in [6, 6.07) is 14.9. The highest BCUT2D eigenvalue weighted by molar-refractivity contribution is 8.01. The molecule has 0 saturated carbocycles. The molecule has 9 nitrogen and oxygen atoms in total. The topological polar surface area (TPSA) is 104 Å². The van der Waals surface area contributed by atoms with Gasteiger partial charge in [0, 0.05) is 30.9 Å². The zero-order valence-corrected chi connectivity index (χ0v) is 24.4. The number of nitrogens with zero attached hydrogens (tertiary/aromatic N) is 3. The van der Waals surface area contributed by atoms with E-state index >= 15 is 0 Å². The van der Waals surface area contributed by atoms with Crippen molar-refractivity contribution in [3.63, 3.8) is 0 Å². The number of amides is 4. The zero-order valence-electron chi connectivity index (χ0n) is 23.6. The van der Waals surface area contributed by atoms with E-state index in [1.807, 2.05) is 43.3 Å². The number of halogens is 3. The molecule has 3 aliphatic rings. The first-order valence-electron chi connectivity index (χ1n) is 14.0. The number of carbonyl (C=O) groups is 3. The zero-order chi connectivity index (χ0) is 31.2. The highest BCUT2D eigenvalue weighted by Crippen LogP contribution is 2.51. The molecule has 4 amide bonds. The average Bonchev–Trinajstić information content (AvgIpc) is 3.37. The van der Waals surface area contributed by atoms with Gasteiger partial charge in [-0.25, -0.2) is 9.78 Å². The van der Waals surface area contributed by atoms with Crippen LogP contribution in [-0.4, -0.2) is 58.3 Å². The third-order valence-corrected chi connectivity index (χ3v) is 9.10. The van der Waals surface area contributed by atoms with Gasteiger partial charge in [-0.05, 0) is 61.7 Å². The number of piperidine rings is 1. The van der Waals surface area contributed by atoms with Crippen LogP contribution in [0.2, 0.25) is 0 Å². The summed E-state index contributed by atoms with van der Waals surface area (Å²) in [4.78, 5) is 46.5. The SMILES string of the molecule is C=C(C(=O)N1CCCC(NC(=O)[C@@H]2Sc3nccc4c3C2NC(=O)N4c2ccc(Oc3ccccc3)cc2C)C1)C(F)(F)F. The number of aryl methyl sites for hydroxylation is 1. The van der Waals surface area contributed by atoms with Gasteiger partial charge in [-0.3, -0.25) is 14.5 Å². The van der Waals surface area contributed by atoms with E-state index < -0.39 is 46.9 Å². The van der Waals surface area contributed by atoms with E-state index in [0.29, 0.717) is 46.3 Å². The van der Waals surface area contributed by atoms with E-state index in [0.717, 1.165) is 10.5 Å². The van der Waals surface area contributed by atoms with Gasteiger partial charge in [0.25, 0.3) is 5.91 Å². The maximum atomic E-state index is 13.6. The minimum absolute atomic E-state index is 0.0679. The lowest BCUT2D eigenvalue weighted by molar-refractivity contribution is -0.141. The minimum Gasteiger partial charge on any atom is -0.457 e. The van der Waals surface area contributed by atoms with Gasteiger partial charge in [0.15, 0.2) is 0 Å². The molecule has 1 fully saturated rings. The van der Waals surface area contributed by atoms with Crippen LogP contribution in [-0.2, 0) is 9.59 Å². The summed E-state index contributed by atoms with van der Waals surface area (Å²) in [5.74, 6) is -0.288. The van der Waals surface area contributed by atoms with E-state index in [4.69, 9.17) is 4.74 Å². The monoisotopic (exact) mass is 623 g/mol. The third-order valence-electron chi connectivity index (χ3n) is 7.81.